The van der Waals surface area contributed by atoms with E-state index in [-0.39, 0.29) is 30.0 Å². The number of aliphatic hydroxyl groups excluding tert-OH is 1. The van der Waals surface area contributed by atoms with E-state index < -0.39 is 0 Å². The summed E-state index contributed by atoms with van der Waals surface area (Å²) in [5, 5.41) is 16.9. The van der Waals surface area contributed by atoms with E-state index in [1.807, 2.05) is 10.9 Å². The van der Waals surface area contributed by atoms with E-state index in [2.05, 4.69) is 31.1 Å². The summed E-state index contributed by atoms with van der Waals surface area (Å²) in [6.07, 6.45) is 3.97. The maximum atomic E-state index is 8.96. The molecule has 0 amide bonds. The number of rotatable bonds is 3. The summed E-state index contributed by atoms with van der Waals surface area (Å²) in [6, 6.07) is 0. The number of aromatic nitrogens is 3. The van der Waals surface area contributed by atoms with Crippen LogP contribution in [0.2, 0.25) is 0 Å². The number of hydrogen-bond acceptors (Lipinski definition) is 4. The first kappa shape index (κ1) is 15.4. The normalized spacial score (nSPS) is 30.2. The zero-order valence-electron chi connectivity index (χ0n) is 11.3. The Labute approximate surface area is 114 Å². The maximum Gasteiger partial charge on any atom is 0.108 e. The number of nitrogens with zero attached hydrogens (tertiary/aromatic N) is 3. The van der Waals surface area contributed by atoms with Gasteiger partial charge in [0.2, 0.25) is 0 Å². The minimum Gasteiger partial charge on any atom is -0.390 e. The Morgan fingerprint density at radius 3 is 2.61 bits per heavy atom. The van der Waals surface area contributed by atoms with Gasteiger partial charge in [0.1, 0.15) is 5.69 Å². The highest BCUT2D eigenvalue weighted by Crippen LogP contribution is 2.49. The number of halogens is 1. The molecule has 1 aromatic rings. The Hall–Kier alpha value is -0.650. The molecule has 1 aliphatic rings. The van der Waals surface area contributed by atoms with Crippen molar-refractivity contribution < 1.29 is 5.11 Å². The lowest BCUT2D eigenvalue weighted by atomic mass is 9.72. The van der Waals surface area contributed by atoms with Crippen LogP contribution in [0.15, 0.2) is 6.20 Å². The SMILES string of the molecule is CC1(C)[C@@H](Cn2cc(CO)nn2)CC[C@]1(C)N.Cl. The predicted molar refractivity (Wildman–Crippen MR) is 72.3 cm³/mol. The van der Waals surface area contributed by atoms with Gasteiger partial charge in [0.05, 0.1) is 12.8 Å². The third kappa shape index (κ3) is 2.53. The van der Waals surface area contributed by atoms with Crippen LogP contribution in [0, 0.1) is 11.3 Å². The van der Waals surface area contributed by atoms with E-state index in [4.69, 9.17) is 10.8 Å². The fourth-order valence-electron chi connectivity index (χ4n) is 2.67. The lowest BCUT2D eigenvalue weighted by molar-refractivity contribution is 0.147. The molecule has 0 aromatic carbocycles. The van der Waals surface area contributed by atoms with Gasteiger partial charge in [-0.05, 0) is 31.1 Å². The zero-order valence-corrected chi connectivity index (χ0v) is 12.1. The van der Waals surface area contributed by atoms with Crippen LogP contribution in [0.3, 0.4) is 0 Å². The van der Waals surface area contributed by atoms with Crippen molar-refractivity contribution in [3.8, 4) is 0 Å². The molecule has 1 aliphatic carbocycles. The van der Waals surface area contributed by atoms with E-state index in [0.717, 1.165) is 19.4 Å². The number of nitrogens with two attached hydrogens (primary N) is 1. The predicted octanol–water partition coefficient (Wildman–Crippen LogP) is 1.35. The van der Waals surface area contributed by atoms with Gasteiger partial charge in [-0.1, -0.05) is 19.1 Å². The fourth-order valence-corrected chi connectivity index (χ4v) is 2.67. The second kappa shape index (κ2) is 5.15. The van der Waals surface area contributed by atoms with Crippen molar-refractivity contribution in [2.45, 2.75) is 52.3 Å². The largest absolute Gasteiger partial charge is 0.390 e. The second-order valence-corrected chi connectivity index (χ2v) is 5.96. The van der Waals surface area contributed by atoms with Crippen LogP contribution in [-0.4, -0.2) is 25.6 Å². The summed E-state index contributed by atoms with van der Waals surface area (Å²) in [6.45, 7) is 7.37. The van der Waals surface area contributed by atoms with Crippen LogP contribution in [0.4, 0.5) is 0 Å². The Kier molecular flexibility index (Phi) is 4.41. The van der Waals surface area contributed by atoms with Crippen LogP contribution in [0.25, 0.3) is 0 Å². The van der Waals surface area contributed by atoms with Gasteiger partial charge in [-0.15, -0.1) is 17.5 Å². The van der Waals surface area contributed by atoms with Gasteiger partial charge in [0.25, 0.3) is 0 Å². The first-order valence-electron chi connectivity index (χ1n) is 6.15. The van der Waals surface area contributed by atoms with Crippen molar-refractivity contribution in [1.29, 1.82) is 0 Å². The lowest BCUT2D eigenvalue weighted by Gasteiger charge is -2.38. The molecule has 3 N–H and O–H groups in total. The van der Waals surface area contributed by atoms with Crippen LogP contribution < -0.4 is 5.73 Å². The molecule has 0 unspecified atom stereocenters. The molecule has 6 heteroatoms. The highest BCUT2D eigenvalue weighted by Gasteiger charge is 2.49. The molecule has 18 heavy (non-hydrogen) atoms. The third-order valence-electron chi connectivity index (χ3n) is 4.66. The molecule has 104 valence electrons. The Morgan fingerprint density at radius 1 is 1.50 bits per heavy atom. The van der Waals surface area contributed by atoms with Crippen molar-refractivity contribution in [1.82, 2.24) is 15.0 Å². The topological polar surface area (TPSA) is 77.0 Å². The monoisotopic (exact) mass is 274 g/mol. The second-order valence-electron chi connectivity index (χ2n) is 5.96. The number of hydrogen-bond donors (Lipinski definition) is 2. The first-order chi connectivity index (χ1) is 7.87. The molecule has 0 bridgehead atoms. The summed E-state index contributed by atoms with van der Waals surface area (Å²) in [4.78, 5) is 0. The Morgan fingerprint density at radius 2 is 2.17 bits per heavy atom. The third-order valence-corrected chi connectivity index (χ3v) is 4.66. The van der Waals surface area contributed by atoms with E-state index >= 15 is 0 Å². The van der Waals surface area contributed by atoms with Crippen LogP contribution in [0.1, 0.15) is 39.3 Å². The Bertz CT molecular complexity index is 403. The van der Waals surface area contributed by atoms with Gasteiger partial charge >= 0.3 is 0 Å². The molecule has 1 saturated carbocycles. The average Bonchev–Trinajstić information content (AvgIpc) is 2.77. The van der Waals surface area contributed by atoms with Crippen LogP contribution in [0.5, 0.6) is 0 Å². The highest BCUT2D eigenvalue weighted by molar-refractivity contribution is 5.85. The Balaban J connectivity index is 0.00000162. The van der Waals surface area contributed by atoms with Gasteiger partial charge in [-0.25, -0.2) is 0 Å². The van der Waals surface area contributed by atoms with Gasteiger partial charge in [0.15, 0.2) is 0 Å². The van der Waals surface area contributed by atoms with E-state index in [1.165, 1.54) is 0 Å². The fraction of sp³-hybridized carbons (Fsp3) is 0.833. The first-order valence-corrected chi connectivity index (χ1v) is 6.15. The molecule has 5 nitrogen and oxygen atoms in total. The average molecular weight is 275 g/mol. The van der Waals surface area contributed by atoms with Crippen LogP contribution >= 0.6 is 12.4 Å². The minimum atomic E-state index is -0.113. The van der Waals surface area contributed by atoms with Crippen molar-refractivity contribution in [3.63, 3.8) is 0 Å². The molecule has 2 atom stereocenters. The van der Waals surface area contributed by atoms with Crippen molar-refractivity contribution in [2.75, 3.05) is 0 Å². The summed E-state index contributed by atoms with van der Waals surface area (Å²) < 4.78 is 1.82. The van der Waals surface area contributed by atoms with E-state index in [9.17, 15) is 0 Å². The van der Waals surface area contributed by atoms with E-state index in [1.54, 1.807) is 0 Å². The summed E-state index contributed by atoms with van der Waals surface area (Å²) in [5.41, 5.74) is 6.95. The lowest BCUT2D eigenvalue weighted by Crippen LogP contribution is -2.48. The standard InChI is InChI=1S/C12H22N4O.ClH/c1-11(2)9(4-5-12(11,3)13)6-16-7-10(8-17)14-15-16;/h7,9,17H,4-6,8,13H2,1-3H3;1H/t9-,12+;/m1./s1. The summed E-state index contributed by atoms with van der Waals surface area (Å²) in [5.74, 6) is 0.505. The smallest absolute Gasteiger partial charge is 0.108 e. The molecule has 1 fully saturated rings. The highest BCUT2D eigenvalue weighted by atomic mass is 35.5. The molecule has 0 saturated heterocycles. The van der Waals surface area contributed by atoms with Crippen molar-refractivity contribution in [3.05, 3.63) is 11.9 Å². The van der Waals surface area contributed by atoms with Crippen LogP contribution in [-0.2, 0) is 13.2 Å². The zero-order chi connectivity index (χ0) is 12.7. The van der Waals surface area contributed by atoms with Crippen molar-refractivity contribution in [2.24, 2.45) is 17.1 Å². The molecule has 1 aromatic heterocycles. The summed E-state index contributed by atoms with van der Waals surface area (Å²) >= 11 is 0. The van der Waals surface area contributed by atoms with E-state index in [0.29, 0.717) is 11.6 Å². The molecule has 0 radical (unpaired) electrons. The maximum absolute atomic E-state index is 8.96. The quantitative estimate of drug-likeness (QED) is 0.872. The van der Waals surface area contributed by atoms with Gasteiger partial charge in [-0.2, -0.15) is 0 Å². The van der Waals surface area contributed by atoms with Gasteiger partial charge < -0.3 is 10.8 Å². The molecular weight excluding hydrogens is 252 g/mol. The summed E-state index contributed by atoms with van der Waals surface area (Å²) in [7, 11) is 0. The minimum absolute atomic E-state index is 0. The molecule has 0 spiro atoms. The molecule has 2 rings (SSSR count). The van der Waals surface area contributed by atoms with Crippen molar-refractivity contribution >= 4 is 12.4 Å². The molecule has 1 heterocycles. The molecular formula is C12H23ClN4O. The van der Waals surface area contributed by atoms with Gasteiger partial charge in [0, 0.05) is 12.1 Å². The molecule has 0 aliphatic heterocycles. The number of aliphatic hydroxyl groups is 1. The van der Waals surface area contributed by atoms with Gasteiger partial charge in [-0.3, -0.25) is 4.68 Å².